The molecular formula is C14H24N4O. The Bertz CT molecular complexity index is 378. The molecule has 1 amide bonds. The molecule has 4 N–H and O–H groups in total. The molecule has 1 aromatic heterocycles. The Morgan fingerprint density at radius 3 is 2.74 bits per heavy atom. The fraction of sp³-hybridized carbons (Fsp3) is 0.571. The van der Waals surface area contributed by atoms with Crippen LogP contribution in [0.5, 0.6) is 0 Å². The number of aromatic nitrogens is 1. The van der Waals surface area contributed by atoms with E-state index in [9.17, 15) is 4.79 Å². The molecule has 0 aromatic carbocycles. The molecule has 0 fully saturated rings. The molecule has 1 atom stereocenters. The van der Waals surface area contributed by atoms with Gasteiger partial charge in [-0.25, -0.2) is 10.8 Å². The number of hydrogen-bond acceptors (Lipinski definition) is 4. The standard InChI is InChI=1S/C14H24N4O/c1-3-4-5-6-7-11(2)17-14(19)12-8-9-13(18-15)16-10-12/h8-11H,3-7,15H2,1-2H3,(H,16,18)(H,17,19). The molecule has 0 aliphatic rings. The molecule has 1 heterocycles. The van der Waals surface area contributed by atoms with Crippen LogP contribution < -0.4 is 16.6 Å². The lowest BCUT2D eigenvalue weighted by atomic mass is 10.1. The van der Waals surface area contributed by atoms with Gasteiger partial charge in [-0.3, -0.25) is 4.79 Å². The summed E-state index contributed by atoms with van der Waals surface area (Å²) in [5, 5.41) is 2.98. The van der Waals surface area contributed by atoms with Crippen LogP contribution >= 0.6 is 0 Å². The normalized spacial score (nSPS) is 11.9. The molecule has 0 aliphatic carbocycles. The van der Waals surface area contributed by atoms with Crippen LogP contribution in [0.1, 0.15) is 56.3 Å². The van der Waals surface area contributed by atoms with E-state index in [0.29, 0.717) is 11.4 Å². The van der Waals surface area contributed by atoms with E-state index in [1.54, 1.807) is 12.1 Å². The highest BCUT2D eigenvalue weighted by Crippen LogP contribution is 2.07. The Morgan fingerprint density at radius 2 is 2.16 bits per heavy atom. The molecule has 5 heteroatoms. The Labute approximate surface area is 115 Å². The molecule has 0 aliphatic heterocycles. The predicted molar refractivity (Wildman–Crippen MR) is 77.7 cm³/mol. The average Bonchev–Trinajstić information content (AvgIpc) is 2.43. The fourth-order valence-corrected chi connectivity index (χ4v) is 1.87. The molecule has 0 spiro atoms. The molecule has 106 valence electrons. The van der Waals surface area contributed by atoms with Crippen molar-refractivity contribution in [1.82, 2.24) is 10.3 Å². The number of carbonyl (C=O) groups excluding carboxylic acids is 1. The van der Waals surface area contributed by atoms with Gasteiger partial charge in [-0.1, -0.05) is 32.6 Å². The molecule has 0 saturated heterocycles. The van der Waals surface area contributed by atoms with E-state index >= 15 is 0 Å². The minimum atomic E-state index is -0.0842. The molecule has 1 rings (SSSR count). The van der Waals surface area contributed by atoms with Gasteiger partial charge in [-0.05, 0) is 25.5 Å². The second kappa shape index (κ2) is 8.48. The van der Waals surface area contributed by atoms with Crippen LogP contribution in [0.15, 0.2) is 18.3 Å². The quantitative estimate of drug-likeness (QED) is 0.383. The third kappa shape index (κ3) is 5.70. The molecule has 1 unspecified atom stereocenters. The van der Waals surface area contributed by atoms with Crippen LogP contribution in [-0.4, -0.2) is 16.9 Å². The van der Waals surface area contributed by atoms with Crippen LogP contribution in [0.2, 0.25) is 0 Å². The summed E-state index contributed by atoms with van der Waals surface area (Å²) < 4.78 is 0. The Morgan fingerprint density at radius 1 is 1.37 bits per heavy atom. The van der Waals surface area contributed by atoms with Crippen LogP contribution in [0.4, 0.5) is 5.82 Å². The van der Waals surface area contributed by atoms with Crippen molar-refractivity contribution in [2.45, 2.75) is 52.0 Å². The first kappa shape index (κ1) is 15.4. The van der Waals surface area contributed by atoms with Gasteiger partial charge in [-0.2, -0.15) is 0 Å². The van der Waals surface area contributed by atoms with Crippen LogP contribution in [0, 0.1) is 0 Å². The van der Waals surface area contributed by atoms with Crippen molar-refractivity contribution in [2.75, 3.05) is 5.43 Å². The van der Waals surface area contributed by atoms with E-state index in [1.165, 1.54) is 25.5 Å². The van der Waals surface area contributed by atoms with Gasteiger partial charge >= 0.3 is 0 Å². The number of nitrogens with zero attached hydrogens (tertiary/aromatic N) is 1. The highest BCUT2D eigenvalue weighted by Gasteiger charge is 2.09. The number of nitrogen functional groups attached to an aromatic ring is 1. The topological polar surface area (TPSA) is 80.0 Å². The lowest BCUT2D eigenvalue weighted by Crippen LogP contribution is -2.32. The first-order valence-corrected chi connectivity index (χ1v) is 6.91. The van der Waals surface area contributed by atoms with Gasteiger partial charge in [0.1, 0.15) is 5.82 Å². The number of nitrogens with one attached hydrogen (secondary N) is 2. The van der Waals surface area contributed by atoms with Gasteiger partial charge in [0.2, 0.25) is 0 Å². The lowest BCUT2D eigenvalue weighted by Gasteiger charge is -2.13. The number of carbonyl (C=O) groups is 1. The monoisotopic (exact) mass is 264 g/mol. The Balaban J connectivity index is 2.36. The van der Waals surface area contributed by atoms with Gasteiger partial charge in [0.05, 0.1) is 5.56 Å². The minimum absolute atomic E-state index is 0.0842. The summed E-state index contributed by atoms with van der Waals surface area (Å²) in [6, 6.07) is 3.58. The number of nitrogens with two attached hydrogens (primary N) is 1. The maximum absolute atomic E-state index is 11.9. The number of hydrazine groups is 1. The smallest absolute Gasteiger partial charge is 0.253 e. The Kier molecular flexibility index (Phi) is 6.89. The van der Waals surface area contributed by atoms with Gasteiger partial charge in [0.25, 0.3) is 5.91 Å². The van der Waals surface area contributed by atoms with Crippen LogP contribution in [0.25, 0.3) is 0 Å². The van der Waals surface area contributed by atoms with Crippen molar-refractivity contribution >= 4 is 11.7 Å². The number of unbranched alkanes of at least 4 members (excludes halogenated alkanes) is 3. The third-order valence-corrected chi connectivity index (χ3v) is 3.04. The molecular weight excluding hydrogens is 240 g/mol. The van der Waals surface area contributed by atoms with Crippen molar-refractivity contribution in [3.05, 3.63) is 23.9 Å². The SMILES string of the molecule is CCCCCCC(C)NC(=O)c1ccc(NN)nc1. The van der Waals surface area contributed by atoms with Crippen LogP contribution in [-0.2, 0) is 0 Å². The number of anilines is 1. The zero-order valence-electron chi connectivity index (χ0n) is 11.8. The summed E-state index contributed by atoms with van der Waals surface area (Å²) >= 11 is 0. The molecule has 0 radical (unpaired) electrons. The van der Waals surface area contributed by atoms with Crippen molar-refractivity contribution < 1.29 is 4.79 Å². The predicted octanol–water partition coefficient (Wildman–Crippen LogP) is 2.46. The maximum Gasteiger partial charge on any atom is 0.253 e. The van der Waals surface area contributed by atoms with E-state index in [1.807, 2.05) is 6.92 Å². The van der Waals surface area contributed by atoms with Gasteiger partial charge in [-0.15, -0.1) is 0 Å². The third-order valence-electron chi connectivity index (χ3n) is 3.04. The minimum Gasteiger partial charge on any atom is -0.350 e. The first-order valence-electron chi connectivity index (χ1n) is 6.91. The number of pyridine rings is 1. The summed E-state index contributed by atoms with van der Waals surface area (Å²) in [6.45, 7) is 4.23. The van der Waals surface area contributed by atoms with E-state index < -0.39 is 0 Å². The maximum atomic E-state index is 11.9. The van der Waals surface area contributed by atoms with E-state index in [0.717, 1.165) is 12.8 Å². The largest absolute Gasteiger partial charge is 0.350 e. The van der Waals surface area contributed by atoms with E-state index in [4.69, 9.17) is 5.84 Å². The fourth-order valence-electron chi connectivity index (χ4n) is 1.87. The lowest BCUT2D eigenvalue weighted by molar-refractivity contribution is 0.0937. The zero-order chi connectivity index (χ0) is 14.1. The Hall–Kier alpha value is -1.62. The van der Waals surface area contributed by atoms with E-state index in [-0.39, 0.29) is 11.9 Å². The molecule has 1 aromatic rings. The second-order valence-electron chi connectivity index (χ2n) is 4.80. The molecule has 0 bridgehead atoms. The summed E-state index contributed by atoms with van der Waals surface area (Å²) in [5.41, 5.74) is 2.99. The van der Waals surface area contributed by atoms with Gasteiger partial charge in [0, 0.05) is 12.2 Å². The number of rotatable bonds is 8. The average molecular weight is 264 g/mol. The van der Waals surface area contributed by atoms with Crippen molar-refractivity contribution in [1.29, 1.82) is 0 Å². The molecule has 19 heavy (non-hydrogen) atoms. The molecule has 5 nitrogen and oxygen atoms in total. The molecule has 0 saturated carbocycles. The van der Waals surface area contributed by atoms with Crippen molar-refractivity contribution in [3.8, 4) is 0 Å². The van der Waals surface area contributed by atoms with Gasteiger partial charge in [0.15, 0.2) is 0 Å². The highest BCUT2D eigenvalue weighted by molar-refractivity contribution is 5.94. The summed E-state index contributed by atoms with van der Waals surface area (Å²) in [6.07, 6.45) is 7.42. The van der Waals surface area contributed by atoms with E-state index in [2.05, 4.69) is 22.7 Å². The summed E-state index contributed by atoms with van der Waals surface area (Å²) in [7, 11) is 0. The van der Waals surface area contributed by atoms with Gasteiger partial charge < -0.3 is 10.7 Å². The highest BCUT2D eigenvalue weighted by atomic mass is 16.1. The second-order valence-corrected chi connectivity index (χ2v) is 4.80. The van der Waals surface area contributed by atoms with Crippen molar-refractivity contribution in [2.24, 2.45) is 5.84 Å². The first-order chi connectivity index (χ1) is 9.17. The zero-order valence-corrected chi connectivity index (χ0v) is 11.8. The van der Waals surface area contributed by atoms with Crippen molar-refractivity contribution in [3.63, 3.8) is 0 Å². The van der Waals surface area contributed by atoms with Crippen LogP contribution in [0.3, 0.4) is 0 Å². The summed E-state index contributed by atoms with van der Waals surface area (Å²) in [5.74, 6) is 5.68. The summed E-state index contributed by atoms with van der Waals surface area (Å²) in [4.78, 5) is 16.0. The number of amides is 1. The number of hydrogen-bond donors (Lipinski definition) is 3.